The lowest BCUT2D eigenvalue weighted by Gasteiger charge is -2.31. The summed E-state index contributed by atoms with van der Waals surface area (Å²) < 4.78 is 17.2. The minimum Gasteiger partial charge on any atom is -0.477 e. The summed E-state index contributed by atoms with van der Waals surface area (Å²) in [5.74, 6) is -1.57. The maximum atomic E-state index is 12.7. The molecule has 1 N–H and O–H groups in total. The summed E-state index contributed by atoms with van der Waals surface area (Å²) in [4.78, 5) is 37.0. The number of unbranched alkanes of at least 4 members (excludes halogenated alkanes) is 18. The van der Waals surface area contributed by atoms with E-state index in [2.05, 4.69) is 32.1 Å². The van der Waals surface area contributed by atoms with E-state index in [0.29, 0.717) is 19.3 Å². The molecule has 0 aliphatic carbocycles. The van der Waals surface area contributed by atoms with Crippen molar-refractivity contribution >= 4 is 17.9 Å². The first-order valence-electron chi connectivity index (χ1n) is 23.0. The summed E-state index contributed by atoms with van der Waals surface area (Å²) in [7, 11) is 5.50. The summed E-state index contributed by atoms with van der Waals surface area (Å²) in [6.45, 7) is 4.51. The number of carboxylic acid groups (broad SMARTS) is 1. The highest BCUT2D eigenvalue weighted by atomic mass is 16.6. The normalized spacial score (nSPS) is 13.6. The van der Waals surface area contributed by atoms with Gasteiger partial charge in [-0.15, -0.1) is 0 Å². The Morgan fingerprint density at radius 3 is 1.52 bits per heavy atom. The molecule has 0 bridgehead atoms. The van der Waals surface area contributed by atoms with Gasteiger partial charge in [-0.05, 0) is 51.4 Å². The van der Waals surface area contributed by atoms with Crippen LogP contribution in [0, 0.1) is 0 Å². The fraction of sp³-hybridized carbons (Fsp3) is 0.700. The highest BCUT2D eigenvalue weighted by Gasteiger charge is 2.31. The van der Waals surface area contributed by atoms with Crippen molar-refractivity contribution in [1.29, 1.82) is 0 Å². The third kappa shape index (κ3) is 38.3. The number of carbonyl (C=O) groups excluding carboxylic acids is 2. The lowest BCUT2D eigenvalue weighted by molar-refractivity contribution is -0.887. The lowest BCUT2D eigenvalue weighted by Crippen LogP contribution is -2.50. The SMILES string of the molecule is CC/C=C/C=C/C=C/C=C/C=C/CCCC(=O)OCC(COCCC(C(=O)O)[N+](C)(C)C)OC(=O)CCCCCCCCC/C=C/CCCCCCCCCCCC. The second-order valence-corrected chi connectivity index (χ2v) is 16.4. The molecule has 0 aliphatic heterocycles. The second kappa shape index (κ2) is 40.5. The number of rotatable bonds is 40. The van der Waals surface area contributed by atoms with Crippen LogP contribution >= 0.6 is 0 Å². The van der Waals surface area contributed by atoms with E-state index in [0.717, 1.165) is 32.1 Å². The zero-order valence-electron chi connectivity index (χ0n) is 37.7. The number of allylic oxidation sites excluding steroid dienone is 12. The Balaban J connectivity index is 4.36. The minimum atomic E-state index is -0.888. The summed E-state index contributed by atoms with van der Waals surface area (Å²) in [5.41, 5.74) is 0. The van der Waals surface area contributed by atoms with E-state index >= 15 is 0 Å². The van der Waals surface area contributed by atoms with Crippen molar-refractivity contribution in [3.8, 4) is 0 Å². The third-order valence-corrected chi connectivity index (χ3v) is 9.97. The number of hydrogen-bond donors (Lipinski definition) is 1. The number of aliphatic carboxylic acids is 1. The van der Waals surface area contributed by atoms with Gasteiger partial charge in [0.2, 0.25) is 0 Å². The van der Waals surface area contributed by atoms with Crippen molar-refractivity contribution in [3.05, 3.63) is 72.9 Å². The molecule has 2 unspecified atom stereocenters. The van der Waals surface area contributed by atoms with Gasteiger partial charge >= 0.3 is 17.9 Å². The van der Waals surface area contributed by atoms with E-state index in [1.165, 1.54) is 103 Å². The summed E-state index contributed by atoms with van der Waals surface area (Å²) in [6.07, 6.45) is 51.1. The molecular weight excluding hydrogens is 727 g/mol. The molecule has 0 aliphatic rings. The number of esters is 2. The highest BCUT2D eigenvalue weighted by Crippen LogP contribution is 2.14. The molecule has 0 saturated carbocycles. The van der Waals surface area contributed by atoms with Crippen LogP contribution < -0.4 is 0 Å². The van der Waals surface area contributed by atoms with Gasteiger partial charge in [0, 0.05) is 19.3 Å². The Hall–Kier alpha value is -3.23. The molecule has 0 spiro atoms. The van der Waals surface area contributed by atoms with Crippen molar-refractivity contribution < 1.29 is 38.2 Å². The lowest BCUT2D eigenvalue weighted by atomic mass is 10.1. The van der Waals surface area contributed by atoms with Crippen LogP contribution in [0.2, 0.25) is 0 Å². The van der Waals surface area contributed by atoms with Crippen molar-refractivity contribution in [2.45, 2.75) is 187 Å². The van der Waals surface area contributed by atoms with Crippen molar-refractivity contribution in [1.82, 2.24) is 0 Å². The van der Waals surface area contributed by atoms with E-state index < -0.39 is 18.1 Å². The molecule has 0 heterocycles. The van der Waals surface area contributed by atoms with Crippen LogP contribution in [0.1, 0.15) is 174 Å². The molecule has 0 radical (unpaired) electrons. The Morgan fingerprint density at radius 2 is 1.00 bits per heavy atom. The number of hydrogen-bond acceptors (Lipinski definition) is 6. The van der Waals surface area contributed by atoms with E-state index in [1.54, 1.807) is 0 Å². The molecule has 0 aromatic heterocycles. The number of quaternary nitrogens is 1. The molecule has 0 aromatic carbocycles. The number of nitrogens with zero attached hydrogens (tertiary/aromatic N) is 1. The third-order valence-electron chi connectivity index (χ3n) is 9.97. The predicted octanol–water partition coefficient (Wildman–Crippen LogP) is 12.7. The van der Waals surface area contributed by atoms with Gasteiger partial charge in [0.05, 0.1) is 34.4 Å². The number of carbonyl (C=O) groups is 3. The number of ether oxygens (including phenoxy) is 3. The van der Waals surface area contributed by atoms with Crippen LogP contribution in [-0.2, 0) is 28.6 Å². The van der Waals surface area contributed by atoms with E-state index in [4.69, 9.17) is 14.2 Å². The van der Waals surface area contributed by atoms with Gasteiger partial charge in [-0.2, -0.15) is 0 Å². The monoisotopic (exact) mass is 813 g/mol. The van der Waals surface area contributed by atoms with Gasteiger partial charge in [0.15, 0.2) is 12.1 Å². The van der Waals surface area contributed by atoms with Gasteiger partial charge < -0.3 is 23.8 Å². The molecule has 0 saturated heterocycles. The van der Waals surface area contributed by atoms with Crippen molar-refractivity contribution in [2.75, 3.05) is 41.0 Å². The van der Waals surface area contributed by atoms with Crippen molar-refractivity contribution in [2.24, 2.45) is 0 Å². The van der Waals surface area contributed by atoms with Crippen LogP contribution in [-0.4, -0.2) is 80.6 Å². The zero-order valence-corrected chi connectivity index (χ0v) is 37.7. The number of likely N-dealkylation sites (N-methyl/N-ethyl adjacent to an activating group) is 1. The average Bonchev–Trinajstić information content (AvgIpc) is 3.18. The van der Waals surface area contributed by atoms with Crippen LogP contribution in [0.3, 0.4) is 0 Å². The van der Waals surface area contributed by atoms with E-state index in [1.807, 2.05) is 75.8 Å². The Kier molecular flexibility index (Phi) is 38.3. The average molecular weight is 813 g/mol. The van der Waals surface area contributed by atoms with Gasteiger partial charge in [-0.25, -0.2) is 4.79 Å². The predicted molar refractivity (Wildman–Crippen MR) is 243 cm³/mol. The molecular formula is C50H86NO7+. The minimum absolute atomic E-state index is 0.0335. The Morgan fingerprint density at radius 1 is 0.534 bits per heavy atom. The second-order valence-electron chi connectivity index (χ2n) is 16.4. The number of carboxylic acids is 1. The Labute approximate surface area is 355 Å². The van der Waals surface area contributed by atoms with Gasteiger partial charge in [-0.3, -0.25) is 9.59 Å². The van der Waals surface area contributed by atoms with Crippen molar-refractivity contribution in [3.63, 3.8) is 0 Å². The fourth-order valence-electron chi connectivity index (χ4n) is 6.41. The molecule has 2 atom stereocenters. The van der Waals surface area contributed by atoms with Gasteiger partial charge in [0.25, 0.3) is 0 Å². The molecule has 0 aromatic rings. The first-order valence-corrected chi connectivity index (χ1v) is 23.0. The van der Waals surface area contributed by atoms with Crippen LogP contribution in [0.25, 0.3) is 0 Å². The molecule has 332 valence electrons. The summed E-state index contributed by atoms with van der Waals surface area (Å²) >= 11 is 0. The largest absolute Gasteiger partial charge is 0.477 e. The summed E-state index contributed by atoms with van der Waals surface area (Å²) in [6, 6.07) is -0.629. The first-order chi connectivity index (χ1) is 28.1. The fourth-order valence-corrected chi connectivity index (χ4v) is 6.41. The molecule has 0 fully saturated rings. The molecule has 8 nitrogen and oxygen atoms in total. The standard InChI is InChI=1S/C50H85NO7/c1-6-8-10-12-14-16-18-20-21-22-23-24-25-26-27-29-31-33-35-37-39-41-49(53)58-46(44-56-43-42-47(50(54)55)51(3,4)5)45-57-48(52)40-38-36-34-32-30-28-19-17-15-13-11-9-7-2/h9,11,13,15,17,19,24-25,28,30,32,34,46-47H,6-8,10,12,14,16,18,20-23,26-27,29,31,33,35-45H2,1-5H3/p+1/b11-9+,15-13+,19-17+,25-24+,30-28+,34-32+. The summed E-state index contributed by atoms with van der Waals surface area (Å²) in [5, 5.41) is 9.62. The van der Waals surface area contributed by atoms with Gasteiger partial charge in [-0.1, -0.05) is 177 Å². The highest BCUT2D eigenvalue weighted by molar-refractivity contribution is 5.72. The molecule has 0 amide bonds. The molecule has 58 heavy (non-hydrogen) atoms. The van der Waals surface area contributed by atoms with Crippen LogP contribution in [0.4, 0.5) is 0 Å². The van der Waals surface area contributed by atoms with Gasteiger partial charge in [0.1, 0.15) is 6.61 Å². The van der Waals surface area contributed by atoms with Crippen LogP contribution in [0.15, 0.2) is 72.9 Å². The molecule has 8 heteroatoms. The van der Waals surface area contributed by atoms with E-state index in [-0.39, 0.29) is 42.7 Å². The maximum absolute atomic E-state index is 12.7. The van der Waals surface area contributed by atoms with E-state index in [9.17, 15) is 19.5 Å². The molecule has 0 rings (SSSR count). The first kappa shape index (κ1) is 54.8. The smallest absolute Gasteiger partial charge is 0.362 e. The zero-order chi connectivity index (χ0) is 42.8. The topological polar surface area (TPSA) is 99.1 Å². The quantitative estimate of drug-likeness (QED) is 0.0216. The van der Waals surface area contributed by atoms with Crippen LogP contribution in [0.5, 0.6) is 0 Å². The Bertz CT molecular complexity index is 1180. The maximum Gasteiger partial charge on any atom is 0.362 e.